The lowest BCUT2D eigenvalue weighted by Crippen LogP contribution is -2.24. The average molecular weight is 271 g/mol. The number of pyridine rings is 1. The number of halogens is 1. The second kappa shape index (κ2) is 5.19. The SMILES string of the molecule is CON(Cc1ccc(Cl)nc1)c1nc(=O)on1C. The van der Waals surface area contributed by atoms with Gasteiger partial charge in [-0.2, -0.15) is 4.74 Å². The molecule has 0 N–H and O–H groups in total. The Morgan fingerprint density at radius 1 is 1.56 bits per heavy atom. The summed E-state index contributed by atoms with van der Waals surface area (Å²) in [6, 6.07) is 3.48. The molecule has 0 radical (unpaired) electrons. The third kappa shape index (κ3) is 2.69. The molecule has 2 heterocycles. The highest BCUT2D eigenvalue weighted by molar-refractivity contribution is 6.29. The van der Waals surface area contributed by atoms with Gasteiger partial charge < -0.3 is 4.52 Å². The van der Waals surface area contributed by atoms with Crippen LogP contribution in [0.3, 0.4) is 0 Å². The zero-order chi connectivity index (χ0) is 13.1. The predicted molar refractivity (Wildman–Crippen MR) is 64.2 cm³/mol. The monoisotopic (exact) mass is 270 g/mol. The number of hydroxylamine groups is 1. The van der Waals surface area contributed by atoms with E-state index in [2.05, 4.69) is 9.97 Å². The van der Waals surface area contributed by atoms with E-state index < -0.39 is 5.76 Å². The summed E-state index contributed by atoms with van der Waals surface area (Å²) in [4.78, 5) is 23.8. The van der Waals surface area contributed by atoms with Crippen LogP contribution in [-0.4, -0.2) is 21.8 Å². The largest absolute Gasteiger partial charge is 0.461 e. The van der Waals surface area contributed by atoms with Gasteiger partial charge in [-0.25, -0.2) is 14.8 Å². The van der Waals surface area contributed by atoms with Crippen molar-refractivity contribution in [2.45, 2.75) is 6.54 Å². The van der Waals surface area contributed by atoms with E-state index in [0.717, 1.165) is 5.56 Å². The van der Waals surface area contributed by atoms with Crippen molar-refractivity contribution in [2.24, 2.45) is 7.05 Å². The normalized spacial score (nSPS) is 10.6. The molecule has 0 bridgehead atoms. The Balaban J connectivity index is 2.22. The Bertz CT molecular complexity index is 578. The Kier molecular flexibility index (Phi) is 3.63. The Labute approximate surface area is 107 Å². The zero-order valence-corrected chi connectivity index (χ0v) is 10.6. The third-order valence-corrected chi connectivity index (χ3v) is 2.47. The van der Waals surface area contributed by atoms with Crippen molar-refractivity contribution >= 4 is 17.5 Å². The molecule has 0 amide bonds. The fraction of sp³-hybridized carbons (Fsp3) is 0.300. The van der Waals surface area contributed by atoms with Gasteiger partial charge in [-0.3, -0.25) is 4.84 Å². The third-order valence-electron chi connectivity index (χ3n) is 2.25. The van der Waals surface area contributed by atoms with Gasteiger partial charge in [0.2, 0.25) is 0 Å². The molecule has 0 saturated heterocycles. The predicted octanol–water partition coefficient (Wildman–Crippen LogP) is 0.990. The van der Waals surface area contributed by atoms with Crippen LogP contribution in [0.25, 0.3) is 0 Å². The summed E-state index contributed by atoms with van der Waals surface area (Å²) in [5.41, 5.74) is 0.858. The van der Waals surface area contributed by atoms with Crippen LogP contribution >= 0.6 is 11.6 Å². The van der Waals surface area contributed by atoms with Crippen LogP contribution in [0.1, 0.15) is 5.56 Å². The van der Waals surface area contributed by atoms with Gasteiger partial charge in [0.25, 0.3) is 5.95 Å². The summed E-state index contributed by atoms with van der Waals surface area (Å²) in [6.07, 6.45) is 1.62. The molecule has 0 aliphatic rings. The standard InChI is InChI=1S/C10H11ClN4O3/c1-14-9(13-10(16)18-14)15(17-2)6-7-3-4-8(11)12-5-7/h3-5H,6H2,1-2H3. The van der Waals surface area contributed by atoms with Gasteiger partial charge in [-0.05, 0) is 11.6 Å². The Morgan fingerprint density at radius 2 is 2.33 bits per heavy atom. The smallest absolute Gasteiger partial charge is 0.317 e. The zero-order valence-electron chi connectivity index (χ0n) is 9.83. The molecule has 0 fully saturated rings. The maximum atomic E-state index is 11.0. The molecule has 0 aliphatic carbocycles. The highest BCUT2D eigenvalue weighted by Crippen LogP contribution is 2.13. The van der Waals surface area contributed by atoms with E-state index in [9.17, 15) is 4.79 Å². The number of aryl methyl sites for hydroxylation is 1. The van der Waals surface area contributed by atoms with Gasteiger partial charge in [0.15, 0.2) is 0 Å². The topological polar surface area (TPSA) is 73.4 Å². The number of anilines is 1. The highest BCUT2D eigenvalue weighted by atomic mass is 35.5. The highest BCUT2D eigenvalue weighted by Gasteiger charge is 2.15. The summed E-state index contributed by atoms with van der Waals surface area (Å²) < 4.78 is 5.98. The van der Waals surface area contributed by atoms with E-state index in [4.69, 9.17) is 21.0 Å². The summed E-state index contributed by atoms with van der Waals surface area (Å²) in [7, 11) is 3.04. The Hall–Kier alpha value is -1.86. The second-order valence-electron chi connectivity index (χ2n) is 3.47. The number of hydrogen-bond acceptors (Lipinski definition) is 6. The van der Waals surface area contributed by atoms with E-state index in [0.29, 0.717) is 11.7 Å². The first-order chi connectivity index (χ1) is 8.60. The first-order valence-electron chi connectivity index (χ1n) is 5.06. The number of aromatic nitrogens is 3. The number of nitrogens with zero attached hydrogens (tertiary/aromatic N) is 4. The Morgan fingerprint density at radius 3 is 2.83 bits per heavy atom. The first kappa shape index (κ1) is 12.6. The summed E-state index contributed by atoms with van der Waals surface area (Å²) in [6.45, 7) is 0.362. The van der Waals surface area contributed by atoms with Gasteiger partial charge in [-0.15, -0.1) is 4.98 Å². The van der Waals surface area contributed by atoms with E-state index in [1.54, 1.807) is 25.4 Å². The molecule has 2 aromatic rings. The summed E-state index contributed by atoms with van der Waals surface area (Å²) in [5, 5.41) is 1.83. The first-order valence-corrected chi connectivity index (χ1v) is 5.44. The van der Waals surface area contributed by atoms with Gasteiger partial charge in [0.1, 0.15) is 5.15 Å². The average Bonchev–Trinajstić information content (AvgIpc) is 2.68. The molecule has 18 heavy (non-hydrogen) atoms. The molecule has 0 unspecified atom stereocenters. The molecular formula is C10H11ClN4O3. The molecule has 7 nitrogen and oxygen atoms in total. The van der Waals surface area contributed by atoms with Gasteiger partial charge in [0, 0.05) is 13.2 Å². The minimum Gasteiger partial charge on any atom is -0.317 e. The maximum absolute atomic E-state index is 11.0. The molecule has 8 heteroatoms. The van der Waals surface area contributed by atoms with Crippen LogP contribution in [0.2, 0.25) is 5.15 Å². The lowest BCUT2D eigenvalue weighted by Gasteiger charge is -2.18. The second-order valence-corrected chi connectivity index (χ2v) is 3.86. The van der Waals surface area contributed by atoms with Crippen LogP contribution in [0.5, 0.6) is 0 Å². The van der Waals surface area contributed by atoms with Crippen LogP contribution < -0.4 is 10.8 Å². The van der Waals surface area contributed by atoms with Crippen molar-refractivity contribution in [3.63, 3.8) is 0 Å². The van der Waals surface area contributed by atoms with E-state index >= 15 is 0 Å². The molecule has 2 rings (SSSR count). The fourth-order valence-electron chi connectivity index (χ4n) is 1.43. The van der Waals surface area contributed by atoms with Gasteiger partial charge >= 0.3 is 5.76 Å². The van der Waals surface area contributed by atoms with E-state index in [1.807, 2.05) is 0 Å². The van der Waals surface area contributed by atoms with Crippen molar-refractivity contribution in [2.75, 3.05) is 12.2 Å². The molecule has 0 aliphatic heterocycles. The van der Waals surface area contributed by atoms with Gasteiger partial charge in [0.05, 0.1) is 13.7 Å². The van der Waals surface area contributed by atoms with Crippen LogP contribution in [0.4, 0.5) is 5.95 Å². The molecular weight excluding hydrogens is 260 g/mol. The molecule has 96 valence electrons. The van der Waals surface area contributed by atoms with Crippen molar-refractivity contribution in [3.05, 3.63) is 39.6 Å². The van der Waals surface area contributed by atoms with Crippen molar-refractivity contribution in [1.29, 1.82) is 0 Å². The summed E-state index contributed by atoms with van der Waals surface area (Å²) in [5.74, 6) is -0.402. The van der Waals surface area contributed by atoms with Crippen LogP contribution in [-0.2, 0) is 18.4 Å². The minimum atomic E-state index is -0.677. The lowest BCUT2D eigenvalue weighted by molar-refractivity contribution is 0.149. The van der Waals surface area contributed by atoms with E-state index in [1.165, 1.54) is 16.9 Å². The fourth-order valence-corrected chi connectivity index (χ4v) is 1.54. The van der Waals surface area contributed by atoms with E-state index in [-0.39, 0.29) is 5.95 Å². The maximum Gasteiger partial charge on any atom is 0.461 e. The van der Waals surface area contributed by atoms with Gasteiger partial charge in [-0.1, -0.05) is 17.7 Å². The number of hydrogen-bond donors (Lipinski definition) is 0. The van der Waals surface area contributed by atoms with Crippen molar-refractivity contribution < 1.29 is 9.36 Å². The van der Waals surface area contributed by atoms with Crippen LogP contribution in [0.15, 0.2) is 27.6 Å². The summed E-state index contributed by atoms with van der Waals surface area (Å²) >= 11 is 5.70. The molecule has 2 aromatic heterocycles. The molecule has 0 atom stereocenters. The van der Waals surface area contributed by atoms with Crippen molar-refractivity contribution in [1.82, 2.24) is 14.7 Å². The quantitative estimate of drug-likeness (QED) is 0.609. The minimum absolute atomic E-state index is 0.275. The van der Waals surface area contributed by atoms with Crippen LogP contribution in [0, 0.1) is 0 Å². The molecule has 0 aromatic carbocycles. The number of rotatable bonds is 4. The molecule has 0 saturated carbocycles. The molecule has 0 spiro atoms. The lowest BCUT2D eigenvalue weighted by atomic mass is 10.3. The van der Waals surface area contributed by atoms with Crippen molar-refractivity contribution in [3.8, 4) is 0 Å².